The molecule has 1 atom stereocenters. The SMILES string of the molecule is CC(NCCNS(C)(=O)=O)C(=O)NC1CCCC1. The first kappa shape index (κ1) is 15.4. The van der Waals surface area contributed by atoms with Gasteiger partial charge in [0.15, 0.2) is 0 Å². The highest BCUT2D eigenvalue weighted by molar-refractivity contribution is 7.88. The molecule has 0 aromatic heterocycles. The number of sulfonamides is 1. The van der Waals surface area contributed by atoms with Crippen LogP contribution in [-0.4, -0.2) is 45.8 Å². The van der Waals surface area contributed by atoms with Crippen LogP contribution in [0.25, 0.3) is 0 Å². The van der Waals surface area contributed by atoms with E-state index in [-0.39, 0.29) is 11.9 Å². The molecule has 0 bridgehead atoms. The minimum absolute atomic E-state index is 0.0127. The first-order valence-electron chi connectivity index (χ1n) is 6.37. The van der Waals surface area contributed by atoms with Gasteiger partial charge in [0.25, 0.3) is 0 Å². The summed E-state index contributed by atoms with van der Waals surface area (Å²) in [6.45, 7) is 2.51. The second-order valence-electron chi connectivity index (χ2n) is 4.83. The van der Waals surface area contributed by atoms with E-state index in [9.17, 15) is 13.2 Å². The number of amides is 1. The van der Waals surface area contributed by atoms with E-state index >= 15 is 0 Å². The van der Waals surface area contributed by atoms with E-state index in [2.05, 4.69) is 15.4 Å². The zero-order valence-electron chi connectivity index (χ0n) is 11.0. The van der Waals surface area contributed by atoms with Crippen LogP contribution in [0.3, 0.4) is 0 Å². The Balaban J connectivity index is 2.15. The number of hydrogen-bond donors (Lipinski definition) is 3. The molecule has 1 fully saturated rings. The Kier molecular flexibility index (Phi) is 6.04. The molecule has 0 aromatic carbocycles. The Labute approximate surface area is 109 Å². The van der Waals surface area contributed by atoms with Crippen LogP contribution in [0.1, 0.15) is 32.6 Å². The van der Waals surface area contributed by atoms with Crippen LogP contribution in [0, 0.1) is 0 Å². The highest BCUT2D eigenvalue weighted by Gasteiger charge is 2.20. The molecule has 1 saturated carbocycles. The van der Waals surface area contributed by atoms with Crippen LogP contribution in [-0.2, 0) is 14.8 Å². The first-order chi connectivity index (χ1) is 8.38. The maximum absolute atomic E-state index is 11.8. The van der Waals surface area contributed by atoms with Gasteiger partial charge in [0.1, 0.15) is 0 Å². The Morgan fingerprint density at radius 3 is 2.44 bits per heavy atom. The number of rotatable bonds is 7. The highest BCUT2D eigenvalue weighted by Crippen LogP contribution is 2.17. The maximum atomic E-state index is 11.8. The molecule has 0 aromatic rings. The average Bonchev–Trinajstić information content (AvgIpc) is 2.75. The number of nitrogens with one attached hydrogen (secondary N) is 3. The molecular formula is C11H23N3O3S. The van der Waals surface area contributed by atoms with Crippen molar-refractivity contribution < 1.29 is 13.2 Å². The van der Waals surface area contributed by atoms with Crippen LogP contribution < -0.4 is 15.4 Å². The minimum atomic E-state index is -3.15. The maximum Gasteiger partial charge on any atom is 0.237 e. The molecule has 0 radical (unpaired) electrons. The molecule has 0 spiro atoms. The van der Waals surface area contributed by atoms with Crippen LogP contribution in [0.15, 0.2) is 0 Å². The van der Waals surface area contributed by atoms with Gasteiger partial charge in [0.05, 0.1) is 12.3 Å². The summed E-state index contributed by atoms with van der Waals surface area (Å²) in [5.74, 6) is -0.0127. The molecule has 106 valence electrons. The van der Waals surface area contributed by atoms with E-state index in [4.69, 9.17) is 0 Å². The predicted octanol–water partition coefficient (Wildman–Crippen LogP) is -0.427. The molecule has 7 heteroatoms. The number of hydrogen-bond acceptors (Lipinski definition) is 4. The van der Waals surface area contributed by atoms with Crippen molar-refractivity contribution in [1.82, 2.24) is 15.4 Å². The quantitative estimate of drug-likeness (QED) is 0.551. The first-order valence-corrected chi connectivity index (χ1v) is 8.26. The van der Waals surface area contributed by atoms with E-state index in [0.717, 1.165) is 19.1 Å². The molecule has 6 nitrogen and oxygen atoms in total. The monoisotopic (exact) mass is 277 g/mol. The third-order valence-corrected chi connectivity index (χ3v) is 3.76. The molecule has 0 aliphatic heterocycles. The Morgan fingerprint density at radius 1 is 1.28 bits per heavy atom. The van der Waals surface area contributed by atoms with Crippen molar-refractivity contribution in [2.75, 3.05) is 19.3 Å². The van der Waals surface area contributed by atoms with Crippen LogP contribution in [0.5, 0.6) is 0 Å². The van der Waals surface area contributed by atoms with Crippen molar-refractivity contribution in [1.29, 1.82) is 0 Å². The van der Waals surface area contributed by atoms with Gasteiger partial charge in [-0.15, -0.1) is 0 Å². The zero-order valence-corrected chi connectivity index (χ0v) is 11.8. The fourth-order valence-electron chi connectivity index (χ4n) is 2.01. The molecule has 3 N–H and O–H groups in total. The van der Waals surface area contributed by atoms with Gasteiger partial charge in [-0.05, 0) is 19.8 Å². The van der Waals surface area contributed by atoms with Gasteiger partial charge in [-0.1, -0.05) is 12.8 Å². The van der Waals surface area contributed by atoms with Crippen molar-refractivity contribution in [3.05, 3.63) is 0 Å². The van der Waals surface area contributed by atoms with Gasteiger partial charge >= 0.3 is 0 Å². The van der Waals surface area contributed by atoms with E-state index < -0.39 is 10.0 Å². The normalized spacial score (nSPS) is 18.8. The second kappa shape index (κ2) is 7.06. The van der Waals surface area contributed by atoms with Gasteiger partial charge in [0.2, 0.25) is 15.9 Å². The summed E-state index contributed by atoms with van der Waals surface area (Å²) in [7, 11) is -3.15. The summed E-state index contributed by atoms with van der Waals surface area (Å²) in [6.07, 6.45) is 5.61. The summed E-state index contributed by atoms with van der Waals surface area (Å²) < 4.78 is 24.0. The Hall–Kier alpha value is -0.660. The highest BCUT2D eigenvalue weighted by atomic mass is 32.2. The molecule has 1 rings (SSSR count). The fourth-order valence-corrected chi connectivity index (χ4v) is 2.49. The molecular weight excluding hydrogens is 254 g/mol. The van der Waals surface area contributed by atoms with Crippen LogP contribution >= 0.6 is 0 Å². The molecule has 1 amide bonds. The van der Waals surface area contributed by atoms with Crippen LogP contribution in [0.4, 0.5) is 0 Å². The standard InChI is InChI=1S/C11H23N3O3S/c1-9(12-7-8-13-18(2,16)17)11(15)14-10-5-3-4-6-10/h9-10,12-13H,3-8H2,1-2H3,(H,14,15). The molecule has 0 saturated heterocycles. The van der Waals surface area contributed by atoms with Crippen molar-refractivity contribution in [3.8, 4) is 0 Å². The lowest BCUT2D eigenvalue weighted by molar-refractivity contribution is -0.123. The summed E-state index contributed by atoms with van der Waals surface area (Å²) >= 11 is 0. The average molecular weight is 277 g/mol. The van der Waals surface area contributed by atoms with E-state index in [1.54, 1.807) is 6.92 Å². The van der Waals surface area contributed by atoms with Gasteiger partial charge < -0.3 is 10.6 Å². The van der Waals surface area contributed by atoms with E-state index in [1.807, 2.05) is 0 Å². The summed E-state index contributed by atoms with van der Waals surface area (Å²) in [5.41, 5.74) is 0. The van der Waals surface area contributed by atoms with Gasteiger partial charge in [-0.25, -0.2) is 13.1 Å². The Bertz CT molecular complexity index is 364. The molecule has 18 heavy (non-hydrogen) atoms. The largest absolute Gasteiger partial charge is 0.352 e. The smallest absolute Gasteiger partial charge is 0.237 e. The third kappa shape index (κ3) is 6.32. The lowest BCUT2D eigenvalue weighted by atomic mass is 10.2. The predicted molar refractivity (Wildman–Crippen MR) is 70.7 cm³/mol. The number of carbonyl (C=O) groups excluding carboxylic acids is 1. The van der Waals surface area contributed by atoms with Crippen molar-refractivity contribution in [2.45, 2.75) is 44.7 Å². The third-order valence-electron chi connectivity index (χ3n) is 3.03. The molecule has 1 aliphatic rings. The molecule has 0 heterocycles. The fraction of sp³-hybridized carbons (Fsp3) is 0.909. The van der Waals surface area contributed by atoms with Crippen LogP contribution in [0.2, 0.25) is 0 Å². The topological polar surface area (TPSA) is 87.3 Å². The second-order valence-corrected chi connectivity index (χ2v) is 6.67. The minimum Gasteiger partial charge on any atom is -0.352 e. The lowest BCUT2D eigenvalue weighted by Gasteiger charge is -2.17. The van der Waals surface area contributed by atoms with Gasteiger partial charge in [-0.2, -0.15) is 0 Å². The molecule has 1 unspecified atom stereocenters. The zero-order chi connectivity index (χ0) is 13.6. The van der Waals surface area contributed by atoms with E-state index in [1.165, 1.54) is 12.8 Å². The number of carbonyl (C=O) groups is 1. The van der Waals surface area contributed by atoms with E-state index in [0.29, 0.717) is 19.1 Å². The van der Waals surface area contributed by atoms with Crippen molar-refractivity contribution in [2.24, 2.45) is 0 Å². The van der Waals surface area contributed by atoms with Crippen molar-refractivity contribution in [3.63, 3.8) is 0 Å². The summed E-state index contributed by atoms with van der Waals surface area (Å²) in [6, 6.07) is 0.0165. The molecule has 1 aliphatic carbocycles. The summed E-state index contributed by atoms with van der Waals surface area (Å²) in [5, 5.41) is 5.99. The lowest BCUT2D eigenvalue weighted by Crippen LogP contribution is -2.47. The Morgan fingerprint density at radius 2 is 1.89 bits per heavy atom. The van der Waals surface area contributed by atoms with Crippen molar-refractivity contribution >= 4 is 15.9 Å². The van der Waals surface area contributed by atoms with Gasteiger partial charge in [-0.3, -0.25) is 4.79 Å². The summed E-state index contributed by atoms with van der Waals surface area (Å²) in [4.78, 5) is 11.8. The van der Waals surface area contributed by atoms with Gasteiger partial charge in [0, 0.05) is 19.1 Å².